The summed E-state index contributed by atoms with van der Waals surface area (Å²) < 4.78 is 21.4. The number of hydrogen-bond donors (Lipinski definition) is 1. The molecule has 0 saturated carbocycles. The third-order valence-electron chi connectivity index (χ3n) is 4.98. The van der Waals surface area contributed by atoms with Crippen LogP contribution in [0.3, 0.4) is 0 Å². The number of dihydropyridines is 1. The van der Waals surface area contributed by atoms with Gasteiger partial charge in [0.15, 0.2) is 0 Å². The number of cyclic esters (lactones) is 1. The highest BCUT2D eigenvalue weighted by Crippen LogP contribution is 2.44. The summed E-state index contributed by atoms with van der Waals surface area (Å²) in [6, 6.07) is 17.1. The molecule has 0 amide bonds. The molecular weight excluding hydrogens is 386 g/mol. The topological polar surface area (TPSA) is 83.1 Å². The summed E-state index contributed by atoms with van der Waals surface area (Å²) in [4.78, 5) is 24.4. The fourth-order valence-corrected chi connectivity index (χ4v) is 3.60. The lowest BCUT2D eigenvalue weighted by molar-refractivity contribution is -0.136. The average Bonchev–Trinajstić information content (AvgIpc) is 3.13. The predicted molar refractivity (Wildman–Crippen MR) is 107 cm³/mol. The number of para-hydroxylation sites is 1. The molecule has 2 aromatic rings. The van der Waals surface area contributed by atoms with Crippen LogP contribution in [0, 0.1) is 0 Å². The van der Waals surface area contributed by atoms with Gasteiger partial charge in [-0.3, -0.25) is 0 Å². The van der Waals surface area contributed by atoms with Gasteiger partial charge in [-0.15, -0.1) is 0 Å². The summed E-state index contributed by atoms with van der Waals surface area (Å²) in [6.45, 7) is 2.26. The van der Waals surface area contributed by atoms with Crippen LogP contribution in [0.25, 0.3) is 0 Å². The molecule has 0 aliphatic carbocycles. The molecule has 1 unspecified atom stereocenters. The number of carbonyl (C=O) groups is 2. The number of benzene rings is 2. The Morgan fingerprint density at radius 3 is 2.63 bits per heavy atom. The van der Waals surface area contributed by atoms with Crippen molar-refractivity contribution in [1.29, 1.82) is 0 Å². The Bertz CT molecular complexity index is 1040. The monoisotopic (exact) mass is 407 g/mol. The van der Waals surface area contributed by atoms with E-state index in [0.717, 1.165) is 5.56 Å². The van der Waals surface area contributed by atoms with Crippen molar-refractivity contribution < 1.29 is 28.5 Å². The zero-order chi connectivity index (χ0) is 21.1. The molecule has 2 aliphatic heterocycles. The van der Waals surface area contributed by atoms with Crippen LogP contribution < -0.4 is 10.1 Å². The fraction of sp³-hybridized carbons (Fsp3) is 0.217. The Morgan fingerprint density at radius 1 is 1.13 bits per heavy atom. The summed E-state index contributed by atoms with van der Waals surface area (Å²) in [5.41, 5.74) is 3.35. The van der Waals surface area contributed by atoms with Crippen LogP contribution in [0.15, 0.2) is 77.3 Å². The molecule has 0 aromatic heterocycles. The molecule has 2 heterocycles. The van der Waals surface area contributed by atoms with Gasteiger partial charge in [-0.2, -0.15) is 0 Å². The van der Waals surface area contributed by atoms with Gasteiger partial charge in [-0.25, -0.2) is 9.59 Å². The van der Waals surface area contributed by atoms with Crippen LogP contribution in [0.2, 0.25) is 0 Å². The lowest BCUT2D eigenvalue weighted by Crippen LogP contribution is -2.28. The molecule has 4 rings (SSSR count). The Labute approximate surface area is 173 Å². The Morgan fingerprint density at radius 2 is 1.87 bits per heavy atom. The molecular formula is C23H21NO6. The molecule has 2 aromatic carbocycles. The standard InChI is InChI=1S/C23H21NO6/c1-14-21(30-23(26)27-2)19(20-17(24-14)13-29-22(20)25)16-10-6-7-11-18(16)28-12-15-8-4-3-5-9-15/h3-11,19,24H,12-13H2,1-2H3. The van der Waals surface area contributed by atoms with E-state index >= 15 is 0 Å². The van der Waals surface area contributed by atoms with E-state index in [1.807, 2.05) is 54.6 Å². The maximum absolute atomic E-state index is 12.5. The van der Waals surface area contributed by atoms with Crippen LogP contribution in [-0.4, -0.2) is 25.8 Å². The molecule has 0 saturated heterocycles. The van der Waals surface area contributed by atoms with Crippen molar-refractivity contribution >= 4 is 12.1 Å². The van der Waals surface area contributed by atoms with E-state index in [1.165, 1.54) is 7.11 Å². The van der Waals surface area contributed by atoms with E-state index in [-0.39, 0.29) is 12.4 Å². The van der Waals surface area contributed by atoms with E-state index in [2.05, 4.69) is 10.1 Å². The minimum absolute atomic E-state index is 0.139. The van der Waals surface area contributed by atoms with Crippen LogP contribution in [0.4, 0.5) is 4.79 Å². The molecule has 0 fully saturated rings. The van der Waals surface area contributed by atoms with Crippen molar-refractivity contribution in [2.24, 2.45) is 0 Å². The third-order valence-corrected chi connectivity index (χ3v) is 4.98. The second-order valence-corrected chi connectivity index (χ2v) is 6.88. The number of allylic oxidation sites excluding steroid dienone is 2. The van der Waals surface area contributed by atoms with E-state index in [0.29, 0.717) is 34.9 Å². The molecule has 30 heavy (non-hydrogen) atoms. The molecule has 2 aliphatic rings. The number of ether oxygens (including phenoxy) is 4. The highest BCUT2D eigenvalue weighted by Gasteiger charge is 2.42. The van der Waals surface area contributed by atoms with E-state index in [1.54, 1.807) is 6.92 Å². The van der Waals surface area contributed by atoms with Gasteiger partial charge in [0.2, 0.25) is 0 Å². The van der Waals surface area contributed by atoms with Gasteiger partial charge in [-0.1, -0.05) is 48.5 Å². The quantitative estimate of drug-likeness (QED) is 0.755. The second kappa shape index (κ2) is 8.32. The van der Waals surface area contributed by atoms with Gasteiger partial charge in [0.05, 0.1) is 30.0 Å². The molecule has 0 bridgehead atoms. The van der Waals surface area contributed by atoms with Crippen LogP contribution in [0.5, 0.6) is 5.75 Å². The molecule has 1 atom stereocenters. The Kier molecular flexibility index (Phi) is 5.43. The first-order valence-electron chi connectivity index (χ1n) is 9.48. The smallest absolute Gasteiger partial charge is 0.489 e. The van der Waals surface area contributed by atoms with E-state index < -0.39 is 18.0 Å². The number of hydrogen-bond acceptors (Lipinski definition) is 7. The first-order chi connectivity index (χ1) is 14.6. The van der Waals surface area contributed by atoms with E-state index in [4.69, 9.17) is 14.2 Å². The minimum atomic E-state index is -0.866. The number of carbonyl (C=O) groups excluding carboxylic acids is 2. The van der Waals surface area contributed by atoms with Crippen LogP contribution in [-0.2, 0) is 25.6 Å². The molecule has 154 valence electrons. The maximum Gasteiger partial charge on any atom is 0.513 e. The number of methoxy groups -OCH3 is 1. The SMILES string of the molecule is COC(=O)OC1=C(C)NC2=C(C(=O)OC2)C1c1ccccc1OCc1ccccc1. The van der Waals surface area contributed by atoms with Gasteiger partial charge in [-0.05, 0) is 18.6 Å². The maximum atomic E-state index is 12.5. The average molecular weight is 407 g/mol. The summed E-state index contributed by atoms with van der Waals surface area (Å²) in [7, 11) is 1.23. The number of rotatable bonds is 5. The van der Waals surface area contributed by atoms with E-state index in [9.17, 15) is 9.59 Å². The summed E-state index contributed by atoms with van der Waals surface area (Å²) >= 11 is 0. The summed E-state index contributed by atoms with van der Waals surface area (Å²) in [6.07, 6.45) is -0.866. The van der Waals surface area contributed by atoms with Gasteiger partial charge in [0.1, 0.15) is 24.7 Å². The Hall–Kier alpha value is -3.74. The molecule has 7 heteroatoms. The van der Waals surface area contributed by atoms with Crippen LogP contribution >= 0.6 is 0 Å². The molecule has 1 N–H and O–H groups in total. The van der Waals surface area contributed by atoms with Gasteiger partial charge < -0.3 is 24.3 Å². The largest absolute Gasteiger partial charge is 0.513 e. The normalized spacial score (nSPS) is 17.8. The fourth-order valence-electron chi connectivity index (χ4n) is 3.60. The summed E-state index contributed by atoms with van der Waals surface area (Å²) in [5.74, 6) is -0.269. The first-order valence-corrected chi connectivity index (χ1v) is 9.48. The van der Waals surface area contributed by atoms with Crippen molar-refractivity contribution in [3.63, 3.8) is 0 Å². The van der Waals surface area contributed by atoms with Gasteiger partial charge in [0, 0.05) is 5.56 Å². The molecule has 0 radical (unpaired) electrons. The second-order valence-electron chi connectivity index (χ2n) is 6.88. The highest BCUT2D eigenvalue weighted by molar-refractivity contribution is 5.95. The van der Waals surface area contributed by atoms with Crippen molar-refractivity contribution in [3.05, 3.63) is 88.5 Å². The molecule has 7 nitrogen and oxygen atoms in total. The third kappa shape index (κ3) is 3.74. The Balaban J connectivity index is 1.74. The van der Waals surface area contributed by atoms with Crippen molar-refractivity contribution in [3.8, 4) is 5.75 Å². The van der Waals surface area contributed by atoms with Crippen molar-refractivity contribution in [2.75, 3.05) is 13.7 Å². The van der Waals surface area contributed by atoms with Gasteiger partial charge in [0.25, 0.3) is 0 Å². The zero-order valence-corrected chi connectivity index (χ0v) is 16.6. The first kappa shape index (κ1) is 19.6. The number of nitrogens with one attached hydrogen (secondary N) is 1. The zero-order valence-electron chi connectivity index (χ0n) is 16.6. The lowest BCUT2D eigenvalue weighted by atomic mass is 9.85. The van der Waals surface area contributed by atoms with Crippen molar-refractivity contribution in [1.82, 2.24) is 5.32 Å². The summed E-state index contributed by atoms with van der Waals surface area (Å²) in [5, 5.41) is 3.11. The van der Waals surface area contributed by atoms with Crippen LogP contribution in [0.1, 0.15) is 24.0 Å². The lowest BCUT2D eigenvalue weighted by Gasteiger charge is -2.28. The van der Waals surface area contributed by atoms with Crippen molar-refractivity contribution in [2.45, 2.75) is 19.4 Å². The number of esters is 1. The van der Waals surface area contributed by atoms with Gasteiger partial charge >= 0.3 is 12.1 Å². The predicted octanol–water partition coefficient (Wildman–Crippen LogP) is 3.78. The highest BCUT2D eigenvalue weighted by atomic mass is 16.7. The molecule has 0 spiro atoms. The minimum Gasteiger partial charge on any atom is -0.489 e.